The van der Waals surface area contributed by atoms with E-state index >= 15 is 0 Å². The zero-order chi connectivity index (χ0) is 25.8. The number of pyridine rings is 1. The minimum atomic E-state index is -0.299. The highest BCUT2D eigenvalue weighted by Crippen LogP contribution is 2.28. The zero-order valence-corrected chi connectivity index (χ0v) is 20.9. The number of rotatable bonds is 8. The molecular weight excluding hydrogens is 465 g/mol. The zero-order valence-electron chi connectivity index (χ0n) is 20.9. The summed E-state index contributed by atoms with van der Waals surface area (Å²) in [4.78, 5) is 20.3. The molecule has 1 N–H and O–H groups in total. The number of halogens is 1. The Morgan fingerprint density at radius 1 is 1.00 bits per heavy atom. The van der Waals surface area contributed by atoms with Gasteiger partial charge in [-0.2, -0.15) is 5.10 Å². The molecule has 2 aromatic heterocycles. The standard InChI is InChI=1S/C30H28FN5O/c1-21-27(20-33-36(21)24-15-13-22(31)14-16-24)29-19-26(25-11-6-7-12-28(25)34-29)30(37)32-17-8-18-35(2)23-9-4-3-5-10-23/h3-7,9-16,19-20H,8,17-18H2,1-2H3,(H,32,37). The number of amides is 1. The summed E-state index contributed by atoms with van der Waals surface area (Å²) in [5.74, 6) is -0.432. The number of benzene rings is 3. The second-order valence-electron chi connectivity index (χ2n) is 8.97. The van der Waals surface area contributed by atoms with Crippen molar-refractivity contribution in [2.75, 3.05) is 25.0 Å². The number of aromatic nitrogens is 3. The number of para-hydroxylation sites is 2. The third-order valence-corrected chi connectivity index (χ3v) is 6.47. The van der Waals surface area contributed by atoms with Gasteiger partial charge in [-0.3, -0.25) is 4.79 Å². The minimum absolute atomic E-state index is 0.134. The molecule has 0 aliphatic rings. The van der Waals surface area contributed by atoms with E-state index in [1.165, 1.54) is 12.1 Å². The third-order valence-electron chi connectivity index (χ3n) is 6.47. The van der Waals surface area contributed by atoms with Crippen LogP contribution in [0.2, 0.25) is 0 Å². The summed E-state index contributed by atoms with van der Waals surface area (Å²) in [6.07, 6.45) is 2.55. The largest absolute Gasteiger partial charge is 0.375 e. The van der Waals surface area contributed by atoms with E-state index in [1.54, 1.807) is 23.0 Å². The number of hydrogen-bond acceptors (Lipinski definition) is 4. The smallest absolute Gasteiger partial charge is 0.252 e. The third kappa shape index (κ3) is 5.21. The minimum Gasteiger partial charge on any atom is -0.375 e. The number of nitrogens with one attached hydrogen (secondary N) is 1. The maximum atomic E-state index is 13.4. The Morgan fingerprint density at radius 2 is 1.73 bits per heavy atom. The van der Waals surface area contributed by atoms with Crippen LogP contribution in [0.25, 0.3) is 27.8 Å². The van der Waals surface area contributed by atoms with Gasteiger partial charge in [-0.05, 0) is 61.9 Å². The van der Waals surface area contributed by atoms with E-state index in [0.29, 0.717) is 17.8 Å². The van der Waals surface area contributed by atoms with Crippen molar-refractivity contribution in [1.29, 1.82) is 0 Å². The van der Waals surface area contributed by atoms with Gasteiger partial charge in [0.2, 0.25) is 0 Å². The van der Waals surface area contributed by atoms with E-state index in [1.807, 2.05) is 62.5 Å². The predicted molar refractivity (Wildman–Crippen MR) is 146 cm³/mol. The topological polar surface area (TPSA) is 63.1 Å². The van der Waals surface area contributed by atoms with Crippen LogP contribution in [0.4, 0.5) is 10.1 Å². The van der Waals surface area contributed by atoms with Crippen LogP contribution in [0, 0.1) is 12.7 Å². The lowest BCUT2D eigenvalue weighted by atomic mass is 10.0. The number of carbonyl (C=O) groups excluding carboxylic acids is 1. The molecule has 186 valence electrons. The van der Waals surface area contributed by atoms with Gasteiger partial charge in [-0.1, -0.05) is 36.4 Å². The van der Waals surface area contributed by atoms with Crippen molar-refractivity contribution in [2.24, 2.45) is 0 Å². The van der Waals surface area contributed by atoms with Gasteiger partial charge in [0, 0.05) is 36.8 Å². The fourth-order valence-electron chi connectivity index (χ4n) is 4.43. The number of anilines is 1. The highest BCUT2D eigenvalue weighted by atomic mass is 19.1. The maximum Gasteiger partial charge on any atom is 0.252 e. The average Bonchev–Trinajstić information content (AvgIpc) is 3.32. The molecular formula is C30H28FN5O. The van der Waals surface area contributed by atoms with E-state index < -0.39 is 0 Å². The van der Waals surface area contributed by atoms with Gasteiger partial charge in [0.15, 0.2) is 0 Å². The fourth-order valence-corrected chi connectivity index (χ4v) is 4.43. The highest BCUT2D eigenvalue weighted by Gasteiger charge is 2.17. The van der Waals surface area contributed by atoms with E-state index in [-0.39, 0.29) is 11.7 Å². The lowest BCUT2D eigenvalue weighted by Gasteiger charge is -2.19. The van der Waals surface area contributed by atoms with Crippen LogP contribution in [-0.4, -0.2) is 40.8 Å². The van der Waals surface area contributed by atoms with Crippen molar-refractivity contribution in [3.8, 4) is 16.9 Å². The van der Waals surface area contributed by atoms with Crippen molar-refractivity contribution in [2.45, 2.75) is 13.3 Å². The molecule has 0 bridgehead atoms. The monoisotopic (exact) mass is 493 g/mol. The number of carbonyl (C=O) groups is 1. The Labute approximate surface area is 215 Å². The summed E-state index contributed by atoms with van der Waals surface area (Å²) in [7, 11) is 2.05. The first-order valence-electron chi connectivity index (χ1n) is 12.3. The van der Waals surface area contributed by atoms with Gasteiger partial charge in [0.1, 0.15) is 5.82 Å². The molecule has 0 fully saturated rings. The molecule has 0 aliphatic heterocycles. The normalized spacial score (nSPS) is 11.0. The molecule has 7 heteroatoms. The van der Waals surface area contributed by atoms with Crippen molar-refractivity contribution in [1.82, 2.24) is 20.1 Å². The van der Waals surface area contributed by atoms with E-state index in [0.717, 1.165) is 46.5 Å². The SMILES string of the molecule is Cc1c(-c2cc(C(=O)NCCCN(C)c3ccccc3)c3ccccc3n2)cnn1-c1ccc(F)cc1. The average molecular weight is 494 g/mol. The van der Waals surface area contributed by atoms with Crippen LogP contribution >= 0.6 is 0 Å². The van der Waals surface area contributed by atoms with Crippen molar-refractivity contribution in [3.05, 3.63) is 108 Å². The Morgan fingerprint density at radius 3 is 2.51 bits per heavy atom. The Hall–Kier alpha value is -4.52. The van der Waals surface area contributed by atoms with Crippen molar-refractivity contribution >= 4 is 22.5 Å². The molecule has 6 nitrogen and oxygen atoms in total. The molecule has 0 radical (unpaired) electrons. The number of fused-ring (bicyclic) bond motifs is 1. The van der Waals surface area contributed by atoms with Crippen LogP contribution in [0.5, 0.6) is 0 Å². The Kier molecular flexibility index (Phi) is 6.94. The summed E-state index contributed by atoms with van der Waals surface area (Å²) < 4.78 is 15.1. The van der Waals surface area contributed by atoms with Gasteiger partial charge in [-0.25, -0.2) is 14.1 Å². The summed E-state index contributed by atoms with van der Waals surface area (Å²) in [5, 5.41) is 8.38. The molecule has 0 atom stereocenters. The van der Waals surface area contributed by atoms with Crippen LogP contribution in [0.1, 0.15) is 22.5 Å². The molecule has 0 saturated carbocycles. The van der Waals surface area contributed by atoms with E-state index in [4.69, 9.17) is 4.98 Å². The molecule has 0 aliphatic carbocycles. The Bertz CT molecular complexity index is 1530. The molecule has 5 rings (SSSR count). The molecule has 0 unspecified atom stereocenters. The molecule has 2 heterocycles. The first kappa shape index (κ1) is 24.2. The Balaban J connectivity index is 1.37. The molecule has 0 spiro atoms. The first-order chi connectivity index (χ1) is 18.0. The van der Waals surface area contributed by atoms with E-state index in [2.05, 4.69) is 27.4 Å². The van der Waals surface area contributed by atoms with Gasteiger partial charge < -0.3 is 10.2 Å². The van der Waals surface area contributed by atoms with Crippen LogP contribution in [0.3, 0.4) is 0 Å². The summed E-state index contributed by atoms with van der Waals surface area (Å²) >= 11 is 0. The predicted octanol–water partition coefficient (Wildman–Crippen LogP) is 5.79. The van der Waals surface area contributed by atoms with Gasteiger partial charge in [0.25, 0.3) is 5.91 Å². The van der Waals surface area contributed by atoms with Crippen LogP contribution in [-0.2, 0) is 0 Å². The maximum absolute atomic E-state index is 13.4. The number of hydrogen-bond donors (Lipinski definition) is 1. The quantitative estimate of drug-likeness (QED) is 0.278. The molecule has 5 aromatic rings. The van der Waals surface area contributed by atoms with Gasteiger partial charge in [-0.15, -0.1) is 0 Å². The van der Waals surface area contributed by atoms with Crippen LogP contribution in [0.15, 0.2) is 91.1 Å². The summed E-state index contributed by atoms with van der Waals surface area (Å²) in [6, 6.07) is 25.8. The van der Waals surface area contributed by atoms with E-state index in [9.17, 15) is 9.18 Å². The van der Waals surface area contributed by atoms with Gasteiger partial charge in [0.05, 0.1) is 34.4 Å². The molecule has 0 saturated heterocycles. The molecule has 3 aromatic carbocycles. The fraction of sp³-hybridized carbons (Fsp3) is 0.167. The van der Waals surface area contributed by atoms with Crippen molar-refractivity contribution < 1.29 is 9.18 Å². The number of nitrogens with zero attached hydrogens (tertiary/aromatic N) is 4. The van der Waals surface area contributed by atoms with Gasteiger partial charge >= 0.3 is 0 Å². The second kappa shape index (κ2) is 10.6. The molecule has 1 amide bonds. The van der Waals surface area contributed by atoms with Crippen LogP contribution < -0.4 is 10.2 Å². The lowest BCUT2D eigenvalue weighted by molar-refractivity contribution is 0.0955. The second-order valence-corrected chi connectivity index (χ2v) is 8.97. The summed E-state index contributed by atoms with van der Waals surface area (Å²) in [5.41, 5.74) is 5.55. The molecule has 37 heavy (non-hydrogen) atoms. The first-order valence-corrected chi connectivity index (χ1v) is 12.3. The highest BCUT2D eigenvalue weighted by molar-refractivity contribution is 6.07. The van der Waals surface area contributed by atoms with Crippen molar-refractivity contribution in [3.63, 3.8) is 0 Å². The lowest BCUT2D eigenvalue weighted by Crippen LogP contribution is -2.28. The summed E-state index contributed by atoms with van der Waals surface area (Å²) in [6.45, 7) is 3.32.